The first-order valence-electron chi connectivity index (χ1n) is 7.57. The van der Waals surface area contributed by atoms with E-state index in [9.17, 15) is 14.0 Å². The van der Waals surface area contributed by atoms with Crippen LogP contribution in [-0.2, 0) is 4.79 Å². The lowest BCUT2D eigenvalue weighted by Crippen LogP contribution is -2.49. The molecule has 1 aromatic rings. The molecule has 1 N–H and O–H groups in total. The van der Waals surface area contributed by atoms with E-state index in [4.69, 9.17) is 9.47 Å². The van der Waals surface area contributed by atoms with Gasteiger partial charge in [0, 0.05) is 13.1 Å². The van der Waals surface area contributed by atoms with Crippen molar-refractivity contribution in [1.29, 1.82) is 0 Å². The van der Waals surface area contributed by atoms with Crippen LogP contribution in [0.5, 0.6) is 11.5 Å². The van der Waals surface area contributed by atoms with Crippen LogP contribution in [0.3, 0.4) is 0 Å². The fraction of sp³-hybridized carbons (Fsp3) is 0.500. The third kappa shape index (κ3) is 2.50. The minimum Gasteiger partial charge on any atom is -0.493 e. The zero-order valence-electron chi connectivity index (χ0n) is 13.1. The van der Waals surface area contributed by atoms with E-state index in [0.717, 1.165) is 6.42 Å². The standard InChI is InChI=1S/C16H19FN2O4/c1-22-12-6-5-10(17)13(14(12)23-2)16(21)19-7-3-4-9-11(19)8-18-15(9)20/h5-6,9,11H,3-4,7-8H2,1-2H3,(H,18,20)/t9-,11-/m1/s1. The Morgan fingerprint density at radius 3 is 2.83 bits per heavy atom. The molecule has 0 saturated carbocycles. The lowest BCUT2D eigenvalue weighted by molar-refractivity contribution is -0.123. The van der Waals surface area contributed by atoms with Crippen molar-refractivity contribution in [2.24, 2.45) is 5.92 Å². The third-order valence-electron chi connectivity index (χ3n) is 4.57. The Kier molecular flexibility index (Phi) is 4.11. The molecule has 2 aliphatic rings. The number of hydrogen-bond acceptors (Lipinski definition) is 4. The van der Waals surface area contributed by atoms with Gasteiger partial charge in [-0.15, -0.1) is 0 Å². The Labute approximate surface area is 133 Å². The number of carbonyl (C=O) groups is 2. The van der Waals surface area contributed by atoms with Gasteiger partial charge in [0.1, 0.15) is 11.4 Å². The number of benzene rings is 1. The minimum absolute atomic E-state index is 0.0365. The number of likely N-dealkylation sites (tertiary alicyclic amines) is 1. The highest BCUT2D eigenvalue weighted by Gasteiger charge is 2.43. The molecule has 2 atom stereocenters. The molecule has 0 bridgehead atoms. The van der Waals surface area contributed by atoms with E-state index in [1.54, 1.807) is 4.90 Å². The van der Waals surface area contributed by atoms with Crippen molar-refractivity contribution in [2.45, 2.75) is 18.9 Å². The number of halogens is 1. The van der Waals surface area contributed by atoms with Crippen molar-refractivity contribution in [1.82, 2.24) is 10.2 Å². The van der Waals surface area contributed by atoms with Crippen LogP contribution in [0.1, 0.15) is 23.2 Å². The van der Waals surface area contributed by atoms with Crippen molar-refractivity contribution < 1.29 is 23.5 Å². The number of amides is 2. The number of hydrogen-bond donors (Lipinski definition) is 1. The average Bonchev–Trinajstić information content (AvgIpc) is 2.95. The smallest absolute Gasteiger partial charge is 0.261 e. The molecule has 0 spiro atoms. The summed E-state index contributed by atoms with van der Waals surface area (Å²) in [5.74, 6) is -1.00. The van der Waals surface area contributed by atoms with Crippen molar-refractivity contribution >= 4 is 11.8 Å². The quantitative estimate of drug-likeness (QED) is 0.908. The number of rotatable bonds is 3. The molecule has 2 aliphatic heterocycles. The van der Waals surface area contributed by atoms with Crippen LogP contribution >= 0.6 is 0 Å². The van der Waals surface area contributed by atoms with Gasteiger partial charge in [0.2, 0.25) is 5.91 Å². The van der Waals surface area contributed by atoms with Crippen LogP contribution in [0.2, 0.25) is 0 Å². The Hall–Kier alpha value is -2.31. The fourth-order valence-corrected chi connectivity index (χ4v) is 3.45. The molecular weight excluding hydrogens is 303 g/mol. The molecule has 23 heavy (non-hydrogen) atoms. The van der Waals surface area contributed by atoms with E-state index < -0.39 is 11.7 Å². The van der Waals surface area contributed by atoms with Gasteiger partial charge >= 0.3 is 0 Å². The molecule has 0 aromatic heterocycles. The lowest BCUT2D eigenvalue weighted by Gasteiger charge is -2.36. The Morgan fingerprint density at radius 1 is 1.35 bits per heavy atom. The predicted molar refractivity (Wildman–Crippen MR) is 80.1 cm³/mol. The Balaban J connectivity index is 1.98. The Bertz CT molecular complexity index is 649. The van der Waals surface area contributed by atoms with Gasteiger partial charge in [-0.05, 0) is 25.0 Å². The molecule has 6 nitrogen and oxygen atoms in total. The summed E-state index contributed by atoms with van der Waals surface area (Å²) in [6, 6.07) is 2.37. The molecule has 2 amide bonds. The molecule has 0 radical (unpaired) electrons. The van der Waals surface area contributed by atoms with Crippen LogP contribution < -0.4 is 14.8 Å². The molecule has 2 heterocycles. The molecule has 1 aromatic carbocycles. The van der Waals surface area contributed by atoms with Crippen molar-refractivity contribution in [3.8, 4) is 11.5 Å². The van der Waals surface area contributed by atoms with Crippen molar-refractivity contribution in [2.75, 3.05) is 27.3 Å². The highest BCUT2D eigenvalue weighted by atomic mass is 19.1. The van der Waals surface area contributed by atoms with E-state index in [1.165, 1.54) is 26.4 Å². The van der Waals surface area contributed by atoms with E-state index in [2.05, 4.69) is 5.32 Å². The van der Waals surface area contributed by atoms with E-state index in [0.29, 0.717) is 25.3 Å². The van der Waals surface area contributed by atoms with Gasteiger partial charge in [-0.3, -0.25) is 9.59 Å². The second-order valence-corrected chi connectivity index (χ2v) is 5.72. The summed E-state index contributed by atoms with van der Waals surface area (Å²) in [7, 11) is 2.80. The molecule has 0 unspecified atom stereocenters. The molecular formula is C16H19FN2O4. The van der Waals surface area contributed by atoms with E-state index >= 15 is 0 Å². The number of piperidine rings is 1. The average molecular weight is 322 g/mol. The summed E-state index contributed by atoms with van der Waals surface area (Å²) in [4.78, 5) is 26.3. The monoisotopic (exact) mass is 322 g/mol. The highest BCUT2D eigenvalue weighted by molar-refractivity contribution is 5.99. The van der Waals surface area contributed by atoms with Crippen LogP contribution in [0.4, 0.5) is 4.39 Å². The molecule has 7 heteroatoms. The second-order valence-electron chi connectivity index (χ2n) is 5.72. The molecule has 2 saturated heterocycles. The van der Waals surface area contributed by atoms with Gasteiger partial charge < -0.3 is 19.7 Å². The van der Waals surface area contributed by atoms with E-state index in [-0.39, 0.29) is 29.2 Å². The fourth-order valence-electron chi connectivity index (χ4n) is 3.45. The first-order chi connectivity index (χ1) is 11.1. The maximum absolute atomic E-state index is 14.3. The number of methoxy groups -OCH3 is 2. The van der Waals surface area contributed by atoms with Crippen LogP contribution in [0.15, 0.2) is 12.1 Å². The number of nitrogens with one attached hydrogen (secondary N) is 1. The van der Waals surface area contributed by atoms with Gasteiger partial charge in [0.15, 0.2) is 11.5 Å². The van der Waals surface area contributed by atoms with Gasteiger partial charge in [0.05, 0.1) is 26.2 Å². The topological polar surface area (TPSA) is 67.9 Å². The maximum atomic E-state index is 14.3. The highest BCUT2D eigenvalue weighted by Crippen LogP contribution is 2.36. The minimum atomic E-state index is -0.660. The lowest BCUT2D eigenvalue weighted by atomic mass is 9.91. The van der Waals surface area contributed by atoms with Crippen LogP contribution in [0.25, 0.3) is 0 Å². The zero-order chi connectivity index (χ0) is 16.6. The normalized spacial score (nSPS) is 23.3. The summed E-state index contributed by atoms with van der Waals surface area (Å²) in [5, 5.41) is 2.78. The SMILES string of the molecule is COc1ccc(F)c(C(=O)N2CCC[C@H]3C(=O)NC[C@H]32)c1OC. The number of carbonyl (C=O) groups excluding carboxylic acids is 2. The predicted octanol–water partition coefficient (Wildman–Crippen LogP) is 1.19. The zero-order valence-corrected chi connectivity index (χ0v) is 13.1. The summed E-state index contributed by atoms with van der Waals surface area (Å²) in [6.07, 6.45) is 1.46. The molecule has 124 valence electrons. The summed E-state index contributed by atoms with van der Waals surface area (Å²) >= 11 is 0. The maximum Gasteiger partial charge on any atom is 0.261 e. The van der Waals surface area contributed by atoms with Crippen molar-refractivity contribution in [3.05, 3.63) is 23.5 Å². The number of nitrogens with zero attached hydrogens (tertiary/aromatic N) is 1. The number of fused-ring (bicyclic) bond motifs is 1. The number of ether oxygens (including phenoxy) is 2. The van der Waals surface area contributed by atoms with Crippen LogP contribution in [0, 0.1) is 11.7 Å². The molecule has 3 rings (SSSR count). The van der Waals surface area contributed by atoms with Gasteiger partial charge in [-0.2, -0.15) is 0 Å². The second kappa shape index (κ2) is 6.06. The van der Waals surface area contributed by atoms with Gasteiger partial charge in [-0.25, -0.2) is 4.39 Å². The van der Waals surface area contributed by atoms with Crippen molar-refractivity contribution in [3.63, 3.8) is 0 Å². The first kappa shape index (κ1) is 15.6. The summed E-state index contributed by atoms with van der Waals surface area (Å²) in [6.45, 7) is 0.901. The van der Waals surface area contributed by atoms with Gasteiger partial charge in [-0.1, -0.05) is 0 Å². The van der Waals surface area contributed by atoms with Gasteiger partial charge in [0.25, 0.3) is 5.91 Å². The van der Waals surface area contributed by atoms with E-state index in [1.807, 2.05) is 0 Å². The summed E-state index contributed by atoms with van der Waals surface area (Å²) < 4.78 is 24.7. The largest absolute Gasteiger partial charge is 0.493 e. The summed E-state index contributed by atoms with van der Waals surface area (Å²) in [5.41, 5.74) is -0.146. The third-order valence-corrected chi connectivity index (χ3v) is 4.57. The van der Waals surface area contributed by atoms with Crippen LogP contribution in [-0.4, -0.2) is 50.1 Å². The first-order valence-corrected chi connectivity index (χ1v) is 7.57. The Morgan fingerprint density at radius 2 is 2.13 bits per heavy atom. The molecule has 0 aliphatic carbocycles. The molecule has 2 fully saturated rings.